The molecule has 2 aromatic carbocycles. The van der Waals surface area contributed by atoms with Crippen molar-refractivity contribution in [2.75, 3.05) is 12.8 Å². The summed E-state index contributed by atoms with van der Waals surface area (Å²) < 4.78 is 0. The third-order valence-corrected chi connectivity index (χ3v) is 3.15. The quantitative estimate of drug-likeness (QED) is 0.820. The molecule has 0 radical (unpaired) electrons. The minimum absolute atomic E-state index is 0.309. The van der Waals surface area contributed by atoms with Gasteiger partial charge in [0.1, 0.15) is 0 Å². The van der Waals surface area contributed by atoms with Crippen LogP contribution in [0.15, 0.2) is 48.5 Å². The van der Waals surface area contributed by atoms with Crippen LogP contribution >= 0.6 is 0 Å². The van der Waals surface area contributed by atoms with E-state index in [0.29, 0.717) is 5.56 Å². The number of para-hydroxylation sites is 1. The summed E-state index contributed by atoms with van der Waals surface area (Å²) in [6.45, 7) is 1.50. The number of carboxylic acids is 1. The monoisotopic (exact) mass is 270 g/mol. The number of benzene rings is 2. The van der Waals surface area contributed by atoms with Crippen LogP contribution in [0.4, 0.5) is 5.69 Å². The molecule has 0 atom stereocenters. The average molecular weight is 270 g/mol. The molecule has 2 rings (SSSR count). The number of nitrogen functional groups attached to an aromatic ring is 1. The SMILES string of the molecule is CN(Cc1ccc(C(=O)O)cc1)Cc1ccccc1N. The molecular formula is C16H18N2O2. The summed E-state index contributed by atoms with van der Waals surface area (Å²) in [5.41, 5.74) is 9.20. The second kappa shape index (κ2) is 6.21. The van der Waals surface area contributed by atoms with E-state index < -0.39 is 5.97 Å². The van der Waals surface area contributed by atoms with Gasteiger partial charge in [0.15, 0.2) is 0 Å². The minimum Gasteiger partial charge on any atom is -0.478 e. The zero-order valence-corrected chi connectivity index (χ0v) is 11.4. The fourth-order valence-corrected chi connectivity index (χ4v) is 2.09. The number of aromatic carboxylic acids is 1. The van der Waals surface area contributed by atoms with E-state index in [1.54, 1.807) is 12.1 Å². The van der Waals surface area contributed by atoms with Gasteiger partial charge < -0.3 is 10.8 Å². The van der Waals surface area contributed by atoms with Gasteiger partial charge in [0.2, 0.25) is 0 Å². The lowest BCUT2D eigenvalue weighted by Gasteiger charge is -2.18. The zero-order chi connectivity index (χ0) is 14.5. The maximum atomic E-state index is 10.8. The molecule has 4 heteroatoms. The number of hydrogen-bond donors (Lipinski definition) is 2. The smallest absolute Gasteiger partial charge is 0.335 e. The highest BCUT2D eigenvalue weighted by Crippen LogP contribution is 2.14. The van der Waals surface area contributed by atoms with Crippen LogP contribution in [-0.4, -0.2) is 23.0 Å². The van der Waals surface area contributed by atoms with Crippen molar-refractivity contribution < 1.29 is 9.90 Å². The van der Waals surface area contributed by atoms with Gasteiger partial charge in [0.05, 0.1) is 5.56 Å². The van der Waals surface area contributed by atoms with Gasteiger partial charge in [-0.25, -0.2) is 4.79 Å². The molecule has 0 saturated heterocycles. The van der Waals surface area contributed by atoms with Gasteiger partial charge in [0.25, 0.3) is 0 Å². The zero-order valence-electron chi connectivity index (χ0n) is 11.4. The van der Waals surface area contributed by atoms with E-state index in [4.69, 9.17) is 10.8 Å². The topological polar surface area (TPSA) is 66.6 Å². The van der Waals surface area contributed by atoms with Crippen molar-refractivity contribution in [2.24, 2.45) is 0 Å². The van der Waals surface area contributed by atoms with Gasteiger partial charge in [-0.15, -0.1) is 0 Å². The van der Waals surface area contributed by atoms with Crippen molar-refractivity contribution in [1.82, 2.24) is 4.90 Å². The first-order chi connectivity index (χ1) is 9.56. The second-order valence-corrected chi connectivity index (χ2v) is 4.87. The maximum Gasteiger partial charge on any atom is 0.335 e. The number of carboxylic acid groups (broad SMARTS) is 1. The Bertz CT molecular complexity index is 594. The van der Waals surface area contributed by atoms with Crippen LogP contribution in [0.3, 0.4) is 0 Å². The van der Waals surface area contributed by atoms with E-state index in [-0.39, 0.29) is 0 Å². The van der Waals surface area contributed by atoms with Crippen LogP contribution in [0.1, 0.15) is 21.5 Å². The fraction of sp³-hybridized carbons (Fsp3) is 0.188. The third kappa shape index (κ3) is 3.59. The summed E-state index contributed by atoms with van der Waals surface area (Å²) in [5.74, 6) is -0.901. The standard InChI is InChI=1S/C16H18N2O2/c1-18(11-14-4-2-3-5-15(14)17)10-12-6-8-13(9-7-12)16(19)20/h2-9H,10-11,17H2,1H3,(H,19,20). The summed E-state index contributed by atoms with van der Waals surface area (Å²) in [6, 6.07) is 14.7. The van der Waals surface area contributed by atoms with Gasteiger partial charge >= 0.3 is 5.97 Å². The molecule has 0 aliphatic carbocycles. The number of rotatable bonds is 5. The molecule has 0 bridgehead atoms. The summed E-state index contributed by atoms with van der Waals surface area (Å²) in [7, 11) is 2.01. The molecule has 4 nitrogen and oxygen atoms in total. The van der Waals surface area contributed by atoms with Crippen molar-refractivity contribution in [2.45, 2.75) is 13.1 Å². The molecule has 104 valence electrons. The van der Waals surface area contributed by atoms with E-state index in [1.807, 2.05) is 43.4 Å². The number of nitrogens with zero attached hydrogens (tertiary/aromatic N) is 1. The highest BCUT2D eigenvalue weighted by Gasteiger charge is 2.06. The van der Waals surface area contributed by atoms with Gasteiger partial charge in [-0.2, -0.15) is 0 Å². The van der Waals surface area contributed by atoms with Crippen molar-refractivity contribution >= 4 is 11.7 Å². The van der Waals surface area contributed by atoms with Crippen LogP contribution in [0.5, 0.6) is 0 Å². The average Bonchev–Trinajstić information content (AvgIpc) is 2.42. The van der Waals surface area contributed by atoms with Crippen LogP contribution in [-0.2, 0) is 13.1 Å². The molecule has 20 heavy (non-hydrogen) atoms. The van der Waals surface area contributed by atoms with Crippen LogP contribution in [0, 0.1) is 0 Å². The molecule has 0 aliphatic heterocycles. The Balaban J connectivity index is 1.99. The first kappa shape index (κ1) is 14.1. The maximum absolute atomic E-state index is 10.8. The summed E-state index contributed by atoms with van der Waals surface area (Å²) in [5, 5.41) is 8.86. The Labute approximate surface area is 118 Å². The number of nitrogens with two attached hydrogens (primary N) is 1. The molecule has 0 aromatic heterocycles. The molecule has 0 heterocycles. The second-order valence-electron chi connectivity index (χ2n) is 4.87. The first-order valence-electron chi connectivity index (χ1n) is 6.40. The molecule has 3 N–H and O–H groups in total. The predicted molar refractivity (Wildman–Crippen MR) is 79.4 cm³/mol. The number of anilines is 1. The lowest BCUT2D eigenvalue weighted by Crippen LogP contribution is -2.18. The number of carbonyl (C=O) groups is 1. The fourth-order valence-electron chi connectivity index (χ4n) is 2.09. The van der Waals surface area contributed by atoms with Crippen molar-refractivity contribution in [3.05, 3.63) is 65.2 Å². The van der Waals surface area contributed by atoms with Gasteiger partial charge in [-0.1, -0.05) is 30.3 Å². The lowest BCUT2D eigenvalue weighted by molar-refractivity contribution is 0.0697. The molecule has 0 amide bonds. The van der Waals surface area contributed by atoms with Crippen LogP contribution < -0.4 is 5.73 Å². The Morgan fingerprint density at radius 1 is 1.10 bits per heavy atom. The molecule has 0 aliphatic rings. The normalized spacial score (nSPS) is 10.7. The summed E-state index contributed by atoms with van der Waals surface area (Å²) >= 11 is 0. The lowest BCUT2D eigenvalue weighted by atomic mass is 10.1. The summed E-state index contributed by atoms with van der Waals surface area (Å²) in [4.78, 5) is 12.9. The minimum atomic E-state index is -0.901. The van der Waals surface area contributed by atoms with Crippen molar-refractivity contribution in [3.8, 4) is 0 Å². The van der Waals surface area contributed by atoms with E-state index in [9.17, 15) is 4.79 Å². The molecule has 0 spiro atoms. The van der Waals surface area contributed by atoms with E-state index in [2.05, 4.69) is 4.90 Å². The highest BCUT2D eigenvalue weighted by atomic mass is 16.4. The molecular weight excluding hydrogens is 252 g/mol. The highest BCUT2D eigenvalue weighted by molar-refractivity contribution is 5.87. The molecule has 2 aromatic rings. The predicted octanol–water partition coefficient (Wildman–Crippen LogP) is 2.60. The Morgan fingerprint density at radius 3 is 2.35 bits per heavy atom. The van der Waals surface area contributed by atoms with Gasteiger partial charge in [0, 0.05) is 18.8 Å². The Hall–Kier alpha value is -2.33. The molecule has 0 fully saturated rings. The summed E-state index contributed by atoms with van der Waals surface area (Å²) in [6.07, 6.45) is 0. The Kier molecular flexibility index (Phi) is 4.38. The van der Waals surface area contributed by atoms with Gasteiger partial charge in [-0.3, -0.25) is 4.90 Å². The molecule has 0 unspecified atom stereocenters. The molecule has 0 saturated carbocycles. The first-order valence-corrected chi connectivity index (χ1v) is 6.40. The Morgan fingerprint density at radius 2 is 1.75 bits per heavy atom. The van der Waals surface area contributed by atoms with Crippen LogP contribution in [0.2, 0.25) is 0 Å². The van der Waals surface area contributed by atoms with E-state index in [1.165, 1.54) is 0 Å². The number of hydrogen-bond acceptors (Lipinski definition) is 3. The third-order valence-electron chi connectivity index (χ3n) is 3.15. The van der Waals surface area contributed by atoms with Crippen LogP contribution in [0.25, 0.3) is 0 Å². The van der Waals surface area contributed by atoms with E-state index >= 15 is 0 Å². The van der Waals surface area contributed by atoms with Crippen molar-refractivity contribution in [1.29, 1.82) is 0 Å². The van der Waals surface area contributed by atoms with Gasteiger partial charge in [-0.05, 0) is 36.4 Å². The largest absolute Gasteiger partial charge is 0.478 e. The van der Waals surface area contributed by atoms with Crippen molar-refractivity contribution in [3.63, 3.8) is 0 Å². The van der Waals surface area contributed by atoms with E-state index in [0.717, 1.165) is 29.9 Å².